The summed E-state index contributed by atoms with van der Waals surface area (Å²) in [6.45, 7) is 3.58. The van der Waals surface area contributed by atoms with Gasteiger partial charge in [0.2, 0.25) is 5.82 Å². The van der Waals surface area contributed by atoms with E-state index in [-0.39, 0.29) is 5.82 Å². The summed E-state index contributed by atoms with van der Waals surface area (Å²) in [5.74, 6) is 2.13. The summed E-state index contributed by atoms with van der Waals surface area (Å²) in [5, 5.41) is 3.96. The van der Waals surface area contributed by atoms with E-state index in [1.807, 2.05) is 24.3 Å². The van der Waals surface area contributed by atoms with Crippen LogP contribution in [0.3, 0.4) is 0 Å². The van der Waals surface area contributed by atoms with E-state index in [0.717, 1.165) is 43.3 Å². The van der Waals surface area contributed by atoms with E-state index in [1.54, 1.807) is 25.4 Å². The topological polar surface area (TPSA) is 67.5 Å². The number of hydrogen-bond donors (Lipinski definition) is 0. The summed E-state index contributed by atoms with van der Waals surface area (Å²) in [6.07, 6.45) is 1.73. The van der Waals surface area contributed by atoms with Crippen LogP contribution in [0.5, 0.6) is 5.75 Å². The number of hydrogen-bond acceptors (Lipinski definition) is 7. The van der Waals surface area contributed by atoms with Gasteiger partial charge in [-0.2, -0.15) is 4.98 Å². The fourth-order valence-electron chi connectivity index (χ4n) is 3.77. The van der Waals surface area contributed by atoms with Crippen LogP contribution in [0.4, 0.5) is 15.9 Å². The maximum absolute atomic E-state index is 13.4. The van der Waals surface area contributed by atoms with Gasteiger partial charge in [-0.25, -0.2) is 9.37 Å². The Morgan fingerprint density at radius 3 is 2.38 bits per heavy atom. The van der Waals surface area contributed by atoms with Crippen molar-refractivity contribution in [3.8, 4) is 28.6 Å². The van der Waals surface area contributed by atoms with E-state index in [0.29, 0.717) is 17.3 Å². The van der Waals surface area contributed by atoms with Crippen molar-refractivity contribution < 1.29 is 13.7 Å². The zero-order chi connectivity index (χ0) is 21.9. The summed E-state index contributed by atoms with van der Waals surface area (Å²) in [4.78, 5) is 13.6. The second kappa shape index (κ2) is 8.66. The zero-order valence-electron chi connectivity index (χ0n) is 17.6. The number of ether oxygens (including phenoxy) is 1. The quantitative estimate of drug-likeness (QED) is 0.467. The number of nitrogens with zero attached hydrogens (tertiary/aromatic N) is 5. The molecule has 0 N–H and O–H groups in total. The third kappa shape index (κ3) is 4.12. The molecule has 2 aromatic carbocycles. The van der Waals surface area contributed by atoms with E-state index >= 15 is 0 Å². The second-order valence-corrected chi connectivity index (χ2v) is 7.51. The number of aromatic nitrogens is 3. The lowest BCUT2D eigenvalue weighted by atomic mass is 10.2. The van der Waals surface area contributed by atoms with Gasteiger partial charge >= 0.3 is 0 Å². The first-order valence-electron chi connectivity index (χ1n) is 10.4. The van der Waals surface area contributed by atoms with Gasteiger partial charge in [0.15, 0.2) is 0 Å². The van der Waals surface area contributed by atoms with Gasteiger partial charge < -0.3 is 19.1 Å². The highest BCUT2D eigenvalue weighted by atomic mass is 19.1. The molecule has 1 saturated heterocycles. The minimum absolute atomic E-state index is 0.341. The lowest BCUT2D eigenvalue weighted by Gasteiger charge is -2.36. The van der Waals surface area contributed by atoms with Gasteiger partial charge in [-0.3, -0.25) is 0 Å². The maximum atomic E-state index is 13.4. The van der Waals surface area contributed by atoms with E-state index in [4.69, 9.17) is 9.26 Å². The first-order valence-corrected chi connectivity index (χ1v) is 10.4. The zero-order valence-corrected chi connectivity index (χ0v) is 17.6. The first kappa shape index (κ1) is 20.0. The number of anilines is 2. The molecule has 5 rings (SSSR count). The standard InChI is InChI=1S/C24H22FN5O2/c1-31-21-8-6-20(7-9-21)29-11-13-30(14-12-29)22-10-5-18(16-26-22)24-27-23(28-32-24)17-3-2-4-19(25)15-17/h2-10,15-16H,11-14H2,1H3. The maximum Gasteiger partial charge on any atom is 0.259 e. The molecule has 0 amide bonds. The molecule has 0 radical (unpaired) electrons. The molecule has 0 bridgehead atoms. The van der Waals surface area contributed by atoms with Crippen molar-refractivity contribution in [2.75, 3.05) is 43.1 Å². The molecule has 1 aliphatic heterocycles. The smallest absolute Gasteiger partial charge is 0.259 e. The molecule has 3 heterocycles. The Hall–Kier alpha value is -3.94. The number of methoxy groups -OCH3 is 1. The summed E-state index contributed by atoms with van der Waals surface area (Å²) < 4.78 is 24.0. The molecule has 4 aromatic rings. The number of piperazine rings is 1. The molecular formula is C24H22FN5O2. The fourth-order valence-corrected chi connectivity index (χ4v) is 3.77. The summed E-state index contributed by atoms with van der Waals surface area (Å²) >= 11 is 0. The lowest BCUT2D eigenvalue weighted by molar-refractivity contribution is 0.415. The molecule has 0 saturated carbocycles. The van der Waals surface area contributed by atoms with Crippen LogP contribution >= 0.6 is 0 Å². The number of halogens is 1. The third-order valence-corrected chi connectivity index (χ3v) is 5.54. The van der Waals surface area contributed by atoms with E-state index in [2.05, 4.69) is 37.1 Å². The Kier molecular flexibility index (Phi) is 5.41. The van der Waals surface area contributed by atoms with Gasteiger partial charge in [0, 0.05) is 43.6 Å². The fraction of sp³-hybridized carbons (Fsp3) is 0.208. The second-order valence-electron chi connectivity index (χ2n) is 7.51. The van der Waals surface area contributed by atoms with E-state index in [9.17, 15) is 4.39 Å². The minimum atomic E-state index is -0.341. The van der Waals surface area contributed by atoms with Gasteiger partial charge in [-0.05, 0) is 48.5 Å². The van der Waals surface area contributed by atoms with Crippen molar-refractivity contribution in [3.05, 3.63) is 72.7 Å². The van der Waals surface area contributed by atoms with Gasteiger partial charge in [0.05, 0.1) is 12.7 Å². The Morgan fingerprint density at radius 1 is 0.906 bits per heavy atom. The Balaban J connectivity index is 1.24. The molecule has 7 nitrogen and oxygen atoms in total. The lowest BCUT2D eigenvalue weighted by Crippen LogP contribution is -2.46. The highest BCUT2D eigenvalue weighted by Crippen LogP contribution is 2.25. The van der Waals surface area contributed by atoms with Crippen LogP contribution in [0.1, 0.15) is 0 Å². The van der Waals surface area contributed by atoms with Crippen LogP contribution < -0.4 is 14.5 Å². The predicted octanol–water partition coefficient (Wildman–Crippen LogP) is 4.27. The minimum Gasteiger partial charge on any atom is -0.497 e. The van der Waals surface area contributed by atoms with Crippen LogP contribution in [-0.2, 0) is 0 Å². The normalized spacial score (nSPS) is 13.9. The summed E-state index contributed by atoms with van der Waals surface area (Å²) in [6, 6.07) is 18.1. The Morgan fingerprint density at radius 2 is 1.69 bits per heavy atom. The molecular weight excluding hydrogens is 409 g/mol. The van der Waals surface area contributed by atoms with Crippen molar-refractivity contribution in [1.82, 2.24) is 15.1 Å². The van der Waals surface area contributed by atoms with Crippen LogP contribution in [0.25, 0.3) is 22.8 Å². The van der Waals surface area contributed by atoms with Crippen molar-refractivity contribution in [1.29, 1.82) is 0 Å². The van der Waals surface area contributed by atoms with E-state index < -0.39 is 0 Å². The van der Waals surface area contributed by atoms with Crippen molar-refractivity contribution in [2.24, 2.45) is 0 Å². The molecule has 1 fully saturated rings. The van der Waals surface area contributed by atoms with Crippen LogP contribution in [0, 0.1) is 5.82 Å². The average molecular weight is 431 g/mol. The van der Waals surface area contributed by atoms with Gasteiger partial charge in [-0.15, -0.1) is 0 Å². The SMILES string of the molecule is COc1ccc(N2CCN(c3ccc(-c4nc(-c5cccc(F)c5)no4)cn3)CC2)cc1. The van der Waals surface area contributed by atoms with Gasteiger partial charge in [0.25, 0.3) is 5.89 Å². The molecule has 162 valence electrons. The molecule has 0 unspecified atom stereocenters. The number of benzene rings is 2. The highest BCUT2D eigenvalue weighted by Gasteiger charge is 2.19. The molecule has 1 aliphatic rings. The molecule has 2 aromatic heterocycles. The van der Waals surface area contributed by atoms with E-state index in [1.165, 1.54) is 17.8 Å². The molecule has 0 spiro atoms. The van der Waals surface area contributed by atoms with Crippen molar-refractivity contribution in [3.63, 3.8) is 0 Å². The van der Waals surface area contributed by atoms with Crippen LogP contribution in [-0.4, -0.2) is 48.4 Å². The Bertz CT molecular complexity index is 1190. The largest absolute Gasteiger partial charge is 0.497 e. The predicted molar refractivity (Wildman–Crippen MR) is 120 cm³/mol. The van der Waals surface area contributed by atoms with Gasteiger partial charge in [-0.1, -0.05) is 17.3 Å². The highest BCUT2D eigenvalue weighted by molar-refractivity contribution is 5.60. The first-order chi connectivity index (χ1) is 15.7. The summed E-state index contributed by atoms with van der Waals surface area (Å²) in [7, 11) is 1.67. The monoisotopic (exact) mass is 431 g/mol. The average Bonchev–Trinajstić information content (AvgIpc) is 3.35. The number of rotatable bonds is 5. The molecule has 8 heteroatoms. The molecule has 0 aliphatic carbocycles. The number of pyridine rings is 1. The van der Waals surface area contributed by atoms with Gasteiger partial charge in [0.1, 0.15) is 17.4 Å². The summed E-state index contributed by atoms with van der Waals surface area (Å²) in [5.41, 5.74) is 2.49. The molecule has 32 heavy (non-hydrogen) atoms. The van der Waals surface area contributed by atoms with Crippen LogP contribution in [0.15, 0.2) is 71.4 Å². The van der Waals surface area contributed by atoms with Crippen molar-refractivity contribution >= 4 is 11.5 Å². The molecule has 0 atom stereocenters. The third-order valence-electron chi connectivity index (χ3n) is 5.54. The van der Waals surface area contributed by atoms with Crippen molar-refractivity contribution in [2.45, 2.75) is 0 Å². The van der Waals surface area contributed by atoms with Crippen LogP contribution in [0.2, 0.25) is 0 Å². The Labute approximate surface area is 185 Å².